The zero-order valence-corrected chi connectivity index (χ0v) is 11.2. The molecule has 2 saturated carbocycles. The SMILES string of the molecule is CCC1CCC(C2CCC(C)CC2)C(F)C1F. The van der Waals surface area contributed by atoms with Crippen LogP contribution in [0.1, 0.15) is 58.8 Å². The molecule has 0 N–H and O–H groups in total. The average Bonchev–Trinajstić information content (AvgIpc) is 2.34. The van der Waals surface area contributed by atoms with Gasteiger partial charge in [-0.25, -0.2) is 8.78 Å². The molecule has 4 unspecified atom stereocenters. The van der Waals surface area contributed by atoms with E-state index >= 15 is 0 Å². The molecule has 2 rings (SSSR count). The topological polar surface area (TPSA) is 0 Å². The number of hydrogen-bond acceptors (Lipinski definition) is 0. The van der Waals surface area contributed by atoms with Gasteiger partial charge in [0.1, 0.15) is 12.3 Å². The van der Waals surface area contributed by atoms with Gasteiger partial charge in [0, 0.05) is 0 Å². The maximum atomic E-state index is 14.2. The second-order valence-corrected chi connectivity index (χ2v) is 6.32. The third kappa shape index (κ3) is 2.82. The molecule has 0 nitrogen and oxygen atoms in total. The molecule has 2 aliphatic rings. The fourth-order valence-corrected chi connectivity index (χ4v) is 3.86. The van der Waals surface area contributed by atoms with Crippen LogP contribution in [-0.4, -0.2) is 12.3 Å². The normalized spacial score (nSPS) is 48.0. The largest absolute Gasteiger partial charge is 0.244 e. The Bertz CT molecular complexity index is 231. The van der Waals surface area contributed by atoms with Gasteiger partial charge in [-0.05, 0) is 49.4 Å². The molecule has 0 radical (unpaired) electrons. The van der Waals surface area contributed by atoms with Crippen LogP contribution < -0.4 is 0 Å². The number of hydrogen-bond donors (Lipinski definition) is 0. The standard InChI is InChI=1S/C15H26F2/c1-3-11-8-9-13(15(17)14(11)16)12-6-4-10(2)5-7-12/h10-15H,3-9H2,1-2H3. The summed E-state index contributed by atoms with van der Waals surface area (Å²) in [5.74, 6) is 1.23. The van der Waals surface area contributed by atoms with Crippen molar-refractivity contribution in [2.45, 2.75) is 71.1 Å². The lowest BCUT2D eigenvalue weighted by Gasteiger charge is -2.40. The van der Waals surface area contributed by atoms with Gasteiger partial charge in [0.2, 0.25) is 0 Å². The summed E-state index contributed by atoms with van der Waals surface area (Å²) in [6.07, 6.45) is 4.88. The van der Waals surface area contributed by atoms with E-state index in [2.05, 4.69) is 6.92 Å². The minimum atomic E-state index is -1.20. The minimum absolute atomic E-state index is 0.0142. The van der Waals surface area contributed by atoms with Gasteiger partial charge < -0.3 is 0 Å². The van der Waals surface area contributed by atoms with E-state index in [1.165, 1.54) is 12.8 Å². The lowest BCUT2D eigenvalue weighted by Crippen LogP contribution is -2.41. The van der Waals surface area contributed by atoms with E-state index in [-0.39, 0.29) is 11.8 Å². The highest BCUT2D eigenvalue weighted by atomic mass is 19.2. The van der Waals surface area contributed by atoms with Crippen molar-refractivity contribution in [3.8, 4) is 0 Å². The van der Waals surface area contributed by atoms with Gasteiger partial charge in [0.25, 0.3) is 0 Å². The van der Waals surface area contributed by atoms with Crippen molar-refractivity contribution >= 4 is 0 Å². The van der Waals surface area contributed by atoms with E-state index < -0.39 is 12.3 Å². The Hall–Kier alpha value is -0.140. The molecule has 2 heteroatoms. The first-order chi connectivity index (χ1) is 8.13. The molecule has 0 heterocycles. The zero-order chi connectivity index (χ0) is 12.4. The van der Waals surface area contributed by atoms with Crippen LogP contribution in [0.3, 0.4) is 0 Å². The van der Waals surface area contributed by atoms with Crippen molar-refractivity contribution in [1.82, 2.24) is 0 Å². The van der Waals surface area contributed by atoms with Gasteiger partial charge in [0.15, 0.2) is 0 Å². The Kier molecular flexibility index (Phi) is 4.43. The summed E-state index contributed by atoms with van der Waals surface area (Å²) < 4.78 is 28.1. The molecule has 100 valence electrons. The molecule has 4 atom stereocenters. The van der Waals surface area contributed by atoms with Gasteiger partial charge >= 0.3 is 0 Å². The van der Waals surface area contributed by atoms with Crippen molar-refractivity contribution in [3.63, 3.8) is 0 Å². The molecule has 0 spiro atoms. The van der Waals surface area contributed by atoms with E-state index in [1.54, 1.807) is 0 Å². The van der Waals surface area contributed by atoms with Crippen LogP contribution >= 0.6 is 0 Å². The summed E-state index contributed by atoms with van der Waals surface area (Å²) in [4.78, 5) is 0. The molecule has 0 amide bonds. The molecule has 0 bridgehead atoms. The lowest BCUT2D eigenvalue weighted by atomic mass is 9.67. The van der Waals surface area contributed by atoms with Crippen LogP contribution in [0, 0.1) is 23.7 Å². The van der Waals surface area contributed by atoms with Crippen molar-refractivity contribution in [3.05, 3.63) is 0 Å². The maximum absolute atomic E-state index is 14.2. The lowest BCUT2D eigenvalue weighted by molar-refractivity contribution is -0.0119. The van der Waals surface area contributed by atoms with E-state index in [0.717, 1.165) is 38.0 Å². The number of halogens is 2. The highest BCUT2D eigenvalue weighted by molar-refractivity contribution is 4.91. The molecule has 0 aliphatic heterocycles. The van der Waals surface area contributed by atoms with Gasteiger partial charge in [0.05, 0.1) is 0 Å². The van der Waals surface area contributed by atoms with Crippen LogP contribution in [0.5, 0.6) is 0 Å². The summed E-state index contributed by atoms with van der Waals surface area (Å²) in [6, 6.07) is 0. The Labute approximate surface area is 104 Å². The van der Waals surface area contributed by atoms with Gasteiger partial charge in [-0.15, -0.1) is 0 Å². The summed E-state index contributed by atoms with van der Waals surface area (Å²) >= 11 is 0. The van der Waals surface area contributed by atoms with E-state index in [4.69, 9.17) is 0 Å². The number of alkyl halides is 2. The second kappa shape index (κ2) is 5.67. The van der Waals surface area contributed by atoms with E-state index in [9.17, 15) is 8.78 Å². The fraction of sp³-hybridized carbons (Fsp3) is 1.00. The summed E-state index contributed by atoms with van der Waals surface area (Å²) in [6.45, 7) is 4.25. The first kappa shape index (κ1) is 13.3. The molecule has 2 aliphatic carbocycles. The maximum Gasteiger partial charge on any atom is 0.134 e. The quantitative estimate of drug-likeness (QED) is 0.646. The Morgan fingerprint density at radius 2 is 1.53 bits per heavy atom. The minimum Gasteiger partial charge on any atom is -0.244 e. The third-order valence-electron chi connectivity index (χ3n) is 5.22. The Balaban J connectivity index is 1.93. The first-order valence-corrected chi connectivity index (χ1v) is 7.41. The average molecular weight is 244 g/mol. The first-order valence-electron chi connectivity index (χ1n) is 7.41. The molecule has 2 fully saturated rings. The van der Waals surface area contributed by atoms with E-state index in [0.29, 0.717) is 5.92 Å². The van der Waals surface area contributed by atoms with Crippen LogP contribution in [0.15, 0.2) is 0 Å². The van der Waals surface area contributed by atoms with E-state index in [1.807, 2.05) is 6.92 Å². The number of rotatable bonds is 2. The van der Waals surface area contributed by atoms with Crippen molar-refractivity contribution in [2.24, 2.45) is 23.7 Å². The third-order valence-corrected chi connectivity index (χ3v) is 5.22. The van der Waals surface area contributed by atoms with Crippen molar-refractivity contribution < 1.29 is 8.78 Å². The predicted octanol–water partition coefficient (Wildman–Crippen LogP) is 4.93. The van der Waals surface area contributed by atoms with Crippen LogP contribution in [0.25, 0.3) is 0 Å². The van der Waals surface area contributed by atoms with Crippen LogP contribution in [-0.2, 0) is 0 Å². The molecule has 17 heavy (non-hydrogen) atoms. The molecule has 0 saturated heterocycles. The summed E-state index contributed by atoms with van der Waals surface area (Å²) in [5.41, 5.74) is 0. The molecule has 0 aromatic heterocycles. The smallest absolute Gasteiger partial charge is 0.134 e. The zero-order valence-electron chi connectivity index (χ0n) is 11.2. The van der Waals surface area contributed by atoms with Gasteiger partial charge in [-0.1, -0.05) is 33.1 Å². The highest BCUT2D eigenvalue weighted by Gasteiger charge is 2.42. The molecular formula is C15H26F2. The van der Waals surface area contributed by atoms with Crippen LogP contribution in [0.2, 0.25) is 0 Å². The fourth-order valence-electron chi connectivity index (χ4n) is 3.86. The predicted molar refractivity (Wildman–Crippen MR) is 67.4 cm³/mol. The summed E-state index contributed by atoms with van der Waals surface area (Å²) in [5, 5.41) is 0. The molecular weight excluding hydrogens is 218 g/mol. The van der Waals surface area contributed by atoms with Crippen molar-refractivity contribution in [2.75, 3.05) is 0 Å². The van der Waals surface area contributed by atoms with Crippen LogP contribution in [0.4, 0.5) is 8.78 Å². The highest BCUT2D eigenvalue weighted by Crippen LogP contribution is 2.44. The van der Waals surface area contributed by atoms with Gasteiger partial charge in [-0.3, -0.25) is 0 Å². The van der Waals surface area contributed by atoms with Gasteiger partial charge in [-0.2, -0.15) is 0 Å². The molecule has 0 aromatic rings. The Morgan fingerprint density at radius 1 is 0.882 bits per heavy atom. The summed E-state index contributed by atoms with van der Waals surface area (Å²) in [7, 11) is 0. The molecule has 0 aromatic carbocycles. The van der Waals surface area contributed by atoms with Crippen molar-refractivity contribution in [1.29, 1.82) is 0 Å². The second-order valence-electron chi connectivity index (χ2n) is 6.32. The Morgan fingerprint density at radius 3 is 2.12 bits per heavy atom. The monoisotopic (exact) mass is 244 g/mol.